The molecular formula is C26H33N11O2. The summed E-state index contributed by atoms with van der Waals surface area (Å²) in [6.07, 6.45) is 5.60. The first kappa shape index (κ1) is 26.2. The summed E-state index contributed by atoms with van der Waals surface area (Å²) in [5.74, 6) is 1.13. The molecule has 39 heavy (non-hydrogen) atoms. The Balaban J connectivity index is 1.30. The number of anilines is 4. The van der Waals surface area contributed by atoms with Gasteiger partial charge in [0.15, 0.2) is 17.3 Å². The molecule has 5 heterocycles. The van der Waals surface area contributed by atoms with E-state index in [-0.39, 0.29) is 17.0 Å². The summed E-state index contributed by atoms with van der Waals surface area (Å²) >= 11 is 0. The van der Waals surface area contributed by atoms with Crippen LogP contribution in [0.15, 0.2) is 35.4 Å². The van der Waals surface area contributed by atoms with Crippen molar-refractivity contribution < 1.29 is 4.79 Å². The van der Waals surface area contributed by atoms with Crippen LogP contribution < -0.4 is 21.5 Å². The van der Waals surface area contributed by atoms with Gasteiger partial charge < -0.3 is 16.0 Å². The first-order chi connectivity index (χ1) is 18.6. The fourth-order valence-corrected chi connectivity index (χ4v) is 4.77. The third kappa shape index (κ3) is 5.58. The third-order valence-electron chi connectivity index (χ3n) is 7.12. The van der Waals surface area contributed by atoms with Crippen molar-refractivity contribution in [1.82, 2.24) is 44.7 Å². The zero-order valence-electron chi connectivity index (χ0n) is 22.8. The molecule has 204 valence electrons. The molecule has 3 N–H and O–H groups in total. The maximum absolute atomic E-state index is 12.9. The van der Waals surface area contributed by atoms with E-state index in [0.717, 1.165) is 18.8 Å². The normalized spacial score (nSPS) is 15.0. The predicted octanol–water partition coefficient (Wildman–Crippen LogP) is 2.25. The molecule has 5 rings (SSSR count). The van der Waals surface area contributed by atoms with Crippen LogP contribution in [0.25, 0.3) is 11.0 Å². The molecule has 4 aromatic heterocycles. The van der Waals surface area contributed by atoms with E-state index in [1.54, 1.807) is 43.3 Å². The maximum atomic E-state index is 12.9. The lowest BCUT2D eigenvalue weighted by Gasteiger charge is -2.31. The number of carbonyl (C=O) groups is 1. The number of hydrogen-bond acceptors (Lipinski definition) is 10. The summed E-state index contributed by atoms with van der Waals surface area (Å²) in [6, 6.07) is 4.76. The number of nitrogens with one attached hydrogen (secondary N) is 3. The van der Waals surface area contributed by atoms with Crippen molar-refractivity contribution in [1.29, 1.82) is 0 Å². The van der Waals surface area contributed by atoms with Crippen molar-refractivity contribution in [3.05, 3.63) is 52.2 Å². The van der Waals surface area contributed by atoms with Crippen LogP contribution in [0.5, 0.6) is 0 Å². The van der Waals surface area contributed by atoms with Gasteiger partial charge in [-0.3, -0.25) is 19.5 Å². The van der Waals surface area contributed by atoms with Crippen molar-refractivity contribution >= 4 is 40.2 Å². The largest absolute Gasteiger partial charge is 0.351 e. The van der Waals surface area contributed by atoms with Gasteiger partial charge in [0.2, 0.25) is 5.95 Å². The minimum Gasteiger partial charge on any atom is -0.351 e. The summed E-state index contributed by atoms with van der Waals surface area (Å²) in [5.41, 5.74) is 2.42. The van der Waals surface area contributed by atoms with Crippen LogP contribution in [0.2, 0.25) is 0 Å². The molecule has 1 fully saturated rings. The average Bonchev–Trinajstić information content (AvgIpc) is 3.40. The molecule has 0 atom stereocenters. The quantitative estimate of drug-likeness (QED) is 0.309. The number of carbonyl (C=O) groups excluding carboxylic acids is 1. The highest BCUT2D eigenvalue weighted by Gasteiger charge is 2.31. The number of aromatic nitrogens is 7. The lowest BCUT2D eigenvalue weighted by molar-refractivity contribution is 0.0940. The van der Waals surface area contributed by atoms with Gasteiger partial charge in [0.25, 0.3) is 11.5 Å². The van der Waals surface area contributed by atoms with E-state index in [4.69, 9.17) is 0 Å². The van der Waals surface area contributed by atoms with Crippen LogP contribution >= 0.6 is 0 Å². The van der Waals surface area contributed by atoms with Gasteiger partial charge in [0.1, 0.15) is 0 Å². The minimum atomic E-state index is -0.211. The number of aryl methyl sites for hydroxylation is 3. The SMILES string of the molecule is Cc1ncc(C(=O)NCCN2CCCC2(C)C)cc1Nc1nn(C)c2nc(Nc3ccc(=O)n(C)n3)ncc12. The topological polar surface area (TPSA) is 148 Å². The molecule has 0 radical (unpaired) electrons. The van der Waals surface area contributed by atoms with Crippen LogP contribution in [0.4, 0.5) is 23.3 Å². The van der Waals surface area contributed by atoms with Gasteiger partial charge in [-0.25, -0.2) is 14.3 Å². The number of nitrogens with zero attached hydrogens (tertiary/aromatic N) is 8. The molecule has 0 spiro atoms. The van der Waals surface area contributed by atoms with E-state index in [0.29, 0.717) is 46.4 Å². The Hall–Kier alpha value is -4.39. The van der Waals surface area contributed by atoms with Crippen LogP contribution in [0.3, 0.4) is 0 Å². The Labute approximate surface area is 225 Å². The van der Waals surface area contributed by atoms with Crippen molar-refractivity contribution in [2.75, 3.05) is 30.3 Å². The Kier molecular flexibility index (Phi) is 7.00. The summed E-state index contributed by atoms with van der Waals surface area (Å²) in [4.78, 5) is 40.2. The Morgan fingerprint density at radius 1 is 1.08 bits per heavy atom. The van der Waals surface area contributed by atoms with Gasteiger partial charge in [-0.2, -0.15) is 15.2 Å². The van der Waals surface area contributed by atoms with Gasteiger partial charge in [-0.1, -0.05) is 0 Å². The highest BCUT2D eigenvalue weighted by Crippen LogP contribution is 2.28. The average molecular weight is 532 g/mol. The standard InChI is InChI=1S/C26H33N11O2/c1-16-19(13-17(14-28-16)24(39)27-10-12-37-11-6-9-26(37,2)3)30-22-18-15-29-25(32-23(18)36(5)34-22)31-20-7-8-21(38)35(4)33-20/h7-8,13-15H,6,9-12H2,1-5H3,(H,27,39)(H,30,34)(H,29,31,32,33). The van der Waals surface area contributed by atoms with Gasteiger partial charge in [-0.05, 0) is 52.3 Å². The molecule has 13 nitrogen and oxygen atoms in total. The summed E-state index contributed by atoms with van der Waals surface area (Å²) < 4.78 is 2.86. The van der Waals surface area contributed by atoms with E-state index in [1.165, 1.54) is 23.6 Å². The minimum absolute atomic E-state index is 0.167. The Morgan fingerprint density at radius 2 is 1.90 bits per heavy atom. The number of likely N-dealkylation sites (tertiary alicyclic amines) is 1. The summed E-state index contributed by atoms with van der Waals surface area (Å²) in [5, 5.41) is 18.7. The van der Waals surface area contributed by atoms with Gasteiger partial charge in [0.05, 0.1) is 22.3 Å². The molecule has 0 aromatic carbocycles. The van der Waals surface area contributed by atoms with Gasteiger partial charge >= 0.3 is 0 Å². The van der Waals surface area contributed by atoms with Gasteiger partial charge in [0, 0.05) is 51.2 Å². The fraction of sp³-hybridized carbons (Fsp3) is 0.423. The smallest absolute Gasteiger partial charge is 0.266 e. The highest BCUT2D eigenvalue weighted by atomic mass is 16.1. The van der Waals surface area contributed by atoms with Crippen molar-refractivity contribution in [2.24, 2.45) is 14.1 Å². The van der Waals surface area contributed by atoms with E-state index < -0.39 is 0 Å². The zero-order valence-corrected chi connectivity index (χ0v) is 22.8. The number of amides is 1. The van der Waals surface area contributed by atoms with E-state index in [9.17, 15) is 9.59 Å². The predicted molar refractivity (Wildman–Crippen MR) is 149 cm³/mol. The Bertz CT molecular complexity index is 1590. The van der Waals surface area contributed by atoms with Gasteiger partial charge in [-0.15, -0.1) is 0 Å². The lowest BCUT2D eigenvalue weighted by Crippen LogP contribution is -2.43. The highest BCUT2D eigenvalue weighted by molar-refractivity contribution is 5.96. The second-order valence-corrected chi connectivity index (χ2v) is 10.3. The molecular weight excluding hydrogens is 498 g/mol. The van der Waals surface area contributed by atoms with Crippen LogP contribution in [0.1, 0.15) is 42.7 Å². The van der Waals surface area contributed by atoms with E-state index >= 15 is 0 Å². The fourth-order valence-electron chi connectivity index (χ4n) is 4.77. The molecule has 0 unspecified atom stereocenters. The first-order valence-electron chi connectivity index (χ1n) is 12.9. The van der Waals surface area contributed by atoms with Crippen molar-refractivity contribution in [3.63, 3.8) is 0 Å². The number of fused-ring (bicyclic) bond motifs is 1. The Morgan fingerprint density at radius 3 is 2.64 bits per heavy atom. The van der Waals surface area contributed by atoms with Crippen LogP contribution in [-0.2, 0) is 14.1 Å². The summed E-state index contributed by atoms with van der Waals surface area (Å²) in [6.45, 7) is 8.82. The lowest BCUT2D eigenvalue weighted by atomic mass is 10.0. The second-order valence-electron chi connectivity index (χ2n) is 10.3. The molecule has 13 heteroatoms. The molecule has 0 saturated carbocycles. The second kappa shape index (κ2) is 10.4. The molecule has 1 aliphatic rings. The van der Waals surface area contributed by atoms with Crippen LogP contribution in [0, 0.1) is 6.92 Å². The number of hydrogen-bond donors (Lipinski definition) is 3. The number of pyridine rings is 1. The third-order valence-corrected chi connectivity index (χ3v) is 7.12. The molecule has 1 saturated heterocycles. The van der Waals surface area contributed by atoms with Crippen molar-refractivity contribution in [2.45, 2.75) is 39.2 Å². The van der Waals surface area contributed by atoms with Crippen LogP contribution in [-0.4, -0.2) is 70.5 Å². The monoisotopic (exact) mass is 531 g/mol. The maximum Gasteiger partial charge on any atom is 0.266 e. The molecule has 1 aliphatic heterocycles. The van der Waals surface area contributed by atoms with Crippen molar-refractivity contribution in [3.8, 4) is 0 Å². The molecule has 0 aliphatic carbocycles. The molecule has 4 aromatic rings. The first-order valence-corrected chi connectivity index (χ1v) is 12.9. The number of rotatable bonds is 8. The van der Waals surface area contributed by atoms with E-state index in [2.05, 4.69) is 59.8 Å². The zero-order chi connectivity index (χ0) is 27.7. The molecule has 0 bridgehead atoms. The van der Waals surface area contributed by atoms with E-state index in [1.807, 2.05) is 6.92 Å². The molecule has 1 amide bonds. The summed E-state index contributed by atoms with van der Waals surface area (Å²) in [7, 11) is 3.35.